The van der Waals surface area contributed by atoms with E-state index in [-0.39, 0.29) is 6.01 Å². The zero-order valence-corrected chi connectivity index (χ0v) is 12.3. The monoisotopic (exact) mass is 309 g/mol. The van der Waals surface area contributed by atoms with Gasteiger partial charge in [-0.25, -0.2) is 19.0 Å². The molecule has 0 saturated carbocycles. The fourth-order valence-corrected chi connectivity index (χ4v) is 2.04. The van der Waals surface area contributed by atoms with E-state index in [4.69, 9.17) is 10.00 Å². The molecule has 0 fully saturated rings. The summed E-state index contributed by atoms with van der Waals surface area (Å²) in [5, 5.41) is 13.4. The van der Waals surface area contributed by atoms with E-state index < -0.39 is 5.82 Å². The minimum atomic E-state index is -0.532. The van der Waals surface area contributed by atoms with Gasteiger partial charge >= 0.3 is 6.01 Å². The van der Waals surface area contributed by atoms with Crippen molar-refractivity contribution in [2.24, 2.45) is 0 Å². The van der Waals surface area contributed by atoms with Gasteiger partial charge in [-0.1, -0.05) is 12.1 Å². The molecule has 2 aromatic heterocycles. The van der Waals surface area contributed by atoms with Crippen molar-refractivity contribution in [3.05, 3.63) is 54.1 Å². The number of rotatable bonds is 4. The first-order chi connectivity index (χ1) is 11.2. The molecule has 0 unspecified atom stereocenters. The van der Waals surface area contributed by atoms with Gasteiger partial charge in [0.1, 0.15) is 0 Å². The van der Waals surface area contributed by atoms with Crippen LogP contribution in [0.4, 0.5) is 4.39 Å². The van der Waals surface area contributed by atoms with Gasteiger partial charge in [-0.15, -0.1) is 0 Å². The number of hydrogen-bond acceptors (Lipinski definition) is 5. The summed E-state index contributed by atoms with van der Waals surface area (Å²) >= 11 is 0. The largest absolute Gasteiger partial charge is 0.405 e. The van der Waals surface area contributed by atoms with Crippen LogP contribution in [0.5, 0.6) is 11.9 Å². The summed E-state index contributed by atoms with van der Waals surface area (Å²) in [5.74, 6) is -0.0909. The van der Waals surface area contributed by atoms with E-state index in [9.17, 15) is 4.39 Å². The van der Waals surface area contributed by atoms with Crippen molar-refractivity contribution < 1.29 is 9.13 Å². The second-order valence-corrected chi connectivity index (χ2v) is 4.66. The van der Waals surface area contributed by atoms with Crippen LogP contribution in [-0.4, -0.2) is 19.7 Å². The van der Waals surface area contributed by atoms with Crippen LogP contribution in [-0.2, 0) is 6.54 Å². The Kier molecular flexibility index (Phi) is 3.97. The maximum atomic E-state index is 12.8. The SMILES string of the molecule is CCn1nc(-c2cccc(C#N)c2)cc1Oc1ncc(F)cn1. The molecule has 3 aromatic rings. The molecule has 0 aliphatic heterocycles. The zero-order chi connectivity index (χ0) is 16.2. The molecule has 0 spiro atoms. The fourth-order valence-electron chi connectivity index (χ4n) is 2.04. The Labute approximate surface area is 131 Å². The lowest BCUT2D eigenvalue weighted by Gasteiger charge is -2.04. The van der Waals surface area contributed by atoms with Crippen LogP contribution >= 0.6 is 0 Å². The van der Waals surface area contributed by atoms with Gasteiger partial charge in [-0.2, -0.15) is 10.4 Å². The van der Waals surface area contributed by atoms with Gasteiger partial charge in [0.05, 0.1) is 29.7 Å². The van der Waals surface area contributed by atoms with E-state index in [2.05, 4.69) is 21.1 Å². The highest BCUT2D eigenvalue weighted by Gasteiger charge is 2.12. The van der Waals surface area contributed by atoms with E-state index in [1.165, 1.54) is 0 Å². The van der Waals surface area contributed by atoms with Crippen LogP contribution < -0.4 is 4.74 Å². The molecule has 0 saturated heterocycles. The van der Waals surface area contributed by atoms with Crippen molar-refractivity contribution in [3.8, 4) is 29.2 Å². The van der Waals surface area contributed by atoms with Gasteiger partial charge in [0.2, 0.25) is 5.88 Å². The highest BCUT2D eigenvalue weighted by atomic mass is 19.1. The molecule has 1 aromatic carbocycles. The maximum Gasteiger partial charge on any atom is 0.323 e. The predicted octanol–water partition coefficient (Wildman–Crippen LogP) is 3.16. The first-order valence-electron chi connectivity index (χ1n) is 6.93. The number of aryl methyl sites for hydroxylation is 1. The summed E-state index contributed by atoms with van der Waals surface area (Å²) in [5.41, 5.74) is 2.03. The molecular formula is C16H12FN5O. The molecule has 0 amide bonds. The Bertz CT molecular complexity index is 867. The summed E-state index contributed by atoms with van der Waals surface area (Å²) in [7, 11) is 0. The number of nitriles is 1. The van der Waals surface area contributed by atoms with Gasteiger partial charge in [0, 0.05) is 18.2 Å². The van der Waals surface area contributed by atoms with Crippen molar-refractivity contribution in [3.63, 3.8) is 0 Å². The second-order valence-electron chi connectivity index (χ2n) is 4.66. The first-order valence-corrected chi connectivity index (χ1v) is 6.93. The van der Waals surface area contributed by atoms with Crippen LogP contribution in [0.3, 0.4) is 0 Å². The highest BCUT2D eigenvalue weighted by Crippen LogP contribution is 2.26. The van der Waals surface area contributed by atoms with Gasteiger partial charge < -0.3 is 4.74 Å². The van der Waals surface area contributed by atoms with Gasteiger partial charge in [-0.3, -0.25) is 0 Å². The minimum absolute atomic E-state index is 0.0401. The minimum Gasteiger partial charge on any atom is -0.405 e. The van der Waals surface area contributed by atoms with Gasteiger partial charge in [0.15, 0.2) is 5.82 Å². The molecule has 0 N–H and O–H groups in total. The van der Waals surface area contributed by atoms with Crippen LogP contribution in [0.15, 0.2) is 42.7 Å². The molecule has 0 radical (unpaired) electrons. The topological polar surface area (TPSA) is 76.6 Å². The normalized spacial score (nSPS) is 10.3. The molecule has 6 nitrogen and oxygen atoms in total. The van der Waals surface area contributed by atoms with Crippen molar-refractivity contribution in [2.75, 3.05) is 0 Å². The number of halogens is 1. The summed E-state index contributed by atoms with van der Waals surface area (Å²) in [6, 6.07) is 11.0. The van der Waals surface area contributed by atoms with Crippen LogP contribution in [0.25, 0.3) is 11.3 Å². The predicted molar refractivity (Wildman–Crippen MR) is 80.1 cm³/mol. The number of hydrogen-bond donors (Lipinski definition) is 0. The van der Waals surface area contributed by atoms with E-state index in [1.807, 2.05) is 13.0 Å². The average Bonchev–Trinajstić information content (AvgIpc) is 3.00. The van der Waals surface area contributed by atoms with Crippen molar-refractivity contribution in [1.82, 2.24) is 19.7 Å². The van der Waals surface area contributed by atoms with E-state index in [1.54, 1.807) is 28.9 Å². The van der Waals surface area contributed by atoms with E-state index in [0.717, 1.165) is 18.0 Å². The molecule has 3 rings (SSSR count). The molecular weight excluding hydrogens is 297 g/mol. The van der Waals surface area contributed by atoms with Crippen molar-refractivity contribution in [2.45, 2.75) is 13.5 Å². The Morgan fingerprint density at radius 1 is 1.26 bits per heavy atom. The van der Waals surface area contributed by atoms with Crippen LogP contribution in [0.2, 0.25) is 0 Å². The number of benzene rings is 1. The maximum absolute atomic E-state index is 12.8. The van der Waals surface area contributed by atoms with Gasteiger partial charge in [0.25, 0.3) is 0 Å². The standard InChI is InChI=1S/C16H12FN5O/c1-2-22-15(23-16-19-9-13(17)10-20-16)7-14(21-22)12-5-3-4-11(6-12)8-18/h3-7,9-10H,2H2,1H3. The summed E-state index contributed by atoms with van der Waals surface area (Å²) in [6.07, 6.45) is 2.07. The molecule has 114 valence electrons. The Morgan fingerprint density at radius 3 is 2.74 bits per heavy atom. The van der Waals surface area contributed by atoms with Crippen LogP contribution in [0.1, 0.15) is 12.5 Å². The molecule has 0 atom stereocenters. The highest BCUT2D eigenvalue weighted by molar-refractivity contribution is 5.62. The summed E-state index contributed by atoms with van der Waals surface area (Å²) in [4.78, 5) is 7.53. The Balaban J connectivity index is 1.94. The molecule has 0 aliphatic carbocycles. The zero-order valence-electron chi connectivity index (χ0n) is 12.3. The Morgan fingerprint density at radius 2 is 2.04 bits per heavy atom. The lowest BCUT2D eigenvalue weighted by atomic mass is 10.1. The Hall–Kier alpha value is -3.27. The molecule has 0 bridgehead atoms. The average molecular weight is 309 g/mol. The third-order valence-corrected chi connectivity index (χ3v) is 3.12. The molecule has 2 heterocycles. The number of aromatic nitrogens is 4. The lowest BCUT2D eigenvalue weighted by molar-refractivity contribution is 0.385. The quantitative estimate of drug-likeness (QED) is 0.740. The number of ether oxygens (including phenoxy) is 1. The lowest BCUT2D eigenvalue weighted by Crippen LogP contribution is -2.01. The van der Waals surface area contributed by atoms with E-state index >= 15 is 0 Å². The van der Waals surface area contributed by atoms with Crippen molar-refractivity contribution >= 4 is 0 Å². The molecule has 0 aliphatic rings. The summed E-state index contributed by atoms with van der Waals surface area (Å²) in [6.45, 7) is 2.50. The molecule has 23 heavy (non-hydrogen) atoms. The molecule has 7 heteroatoms. The number of nitrogens with zero attached hydrogens (tertiary/aromatic N) is 5. The third-order valence-electron chi connectivity index (χ3n) is 3.12. The van der Waals surface area contributed by atoms with E-state index in [0.29, 0.717) is 23.7 Å². The summed E-state index contributed by atoms with van der Waals surface area (Å²) < 4.78 is 20.0. The fraction of sp³-hybridized carbons (Fsp3) is 0.125. The van der Waals surface area contributed by atoms with Crippen LogP contribution in [0, 0.1) is 17.1 Å². The smallest absolute Gasteiger partial charge is 0.323 e. The second kappa shape index (κ2) is 6.23. The van der Waals surface area contributed by atoms with Gasteiger partial charge in [-0.05, 0) is 19.1 Å². The van der Waals surface area contributed by atoms with Crippen molar-refractivity contribution in [1.29, 1.82) is 5.26 Å². The first kappa shape index (κ1) is 14.7. The third kappa shape index (κ3) is 3.16.